The number of fused-ring (bicyclic) bond motifs is 1. The van der Waals surface area contributed by atoms with Crippen molar-refractivity contribution < 1.29 is 4.39 Å². The Labute approximate surface area is 94.3 Å². The molecule has 2 heteroatoms. The quantitative estimate of drug-likeness (QED) is 0.634. The largest absolute Gasteiger partial charge is 0.207 e. The number of rotatable bonds is 0. The zero-order chi connectivity index (χ0) is 10.3. The Hall–Kier alpha value is -0.500. The average Bonchev–Trinajstić information content (AvgIpc) is 2.56. The van der Waals surface area contributed by atoms with E-state index in [1.54, 1.807) is 12.1 Å². The third-order valence-corrected chi connectivity index (χ3v) is 5.23. The van der Waals surface area contributed by atoms with Gasteiger partial charge in [-0.25, -0.2) is 4.39 Å². The highest BCUT2D eigenvalue weighted by Crippen LogP contribution is 2.52. The fourth-order valence-electron chi connectivity index (χ4n) is 2.88. The van der Waals surface area contributed by atoms with E-state index in [2.05, 4.69) is 0 Å². The third kappa shape index (κ3) is 1.69. The lowest BCUT2D eigenvalue weighted by molar-refractivity contribution is 0.400. The molecule has 1 aliphatic carbocycles. The first-order chi connectivity index (χ1) is 7.27. The van der Waals surface area contributed by atoms with Crippen molar-refractivity contribution >= 4 is 11.8 Å². The van der Waals surface area contributed by atoms with Gasteiger partial charge in [0.2, 0.25) is 0 Å². The summed E-state index contributed by atoms with van der Waals surface area (Å²) in [4.78, 5) is 1.32. The van der Waals surface area contributed by atoms with E-state index in [4.69, 9.17) is 0 Å². The van der Waals surface area contributed by atoms with Crippen molar-refractivity contribution in [3.8, 4) is 0 Å². The lowest BCUT2D eigenvalue weighted by Gasteiger charge is -2.32. The summed E-state index contributed by atoms with van der Waals surface area (Å²) in [7, 11) is 0. The zero-order valence-corrected chi connectivity index (χ0v) is 9.58. The highest BCUT2D eigenvalue weighted by molar-refractivity contribution is 8.01. The first-order valence-corrected chi connectivity index (χ1v) is 6.57. The van der Waals surface area contributed by atoms with Crippen LogP contribution in [0.15, 0.2) is 23.1 Å². The SMILES string of the molecule is Fc1ccc2c(c1)CC1(CCCCC1)S2. The molecule has 0 N–H and O–H groups in total. The summed E-state index contributed by atoms with van der Waals surface area (Å²) < 4.78 is 13.5. The normalized spacial score (nSPS) is 23.0. The van der Waals surface area contributed by atoms with Crippen molar-refractivity contribution in [3.63, 3.8) is 0 Å². The van der Waals surface area contributed by atoms with Gasteiger partial charge in [-0.3, -0.25) is 0 Å². The fraction of sp³-hybridized carbons (Fsp3) is 0.538. The van der Waals surface area contributed by atoms with E-state index in [1.807, 2.05) is 17.8 Å². The molecule has 3 rings (SSSR count). The van der Waals surface area contributed by atoms with Crippen molar-refractivity contribution in [1.29, 1.82) is 0 Å². The Bertz CT molecular complexity index is 380. The first-order valence-electron chi connectivity index (χ1n) is 5.75. The Balaban J connectivity index is 1.90. The molecular weight excluding hydrogens is 207 g/mol. The number of benzene rings is 1. The Morgan fingerprint density at radius 1 is 1.13 bits per heavy atom. The molecule has 0 radical (unpaired) electrons. The summed E-state index contributed by atoms with van der Waals surface area (Å²) >= 11 is 2.00. The molecule has 80 valence electrons. The highest BCUT2D eigenvalue weighted by atomic mass is 32.2. The summed E-state index contributed by atoms with van der Waals surface area (Å²) in [5, 5.41) is 0. The minimum absolute atomic E-state index is 0.0813. The number of hydrogen-bond acceptors (Lipinski definition) is 1. The number of halogens is 1. The standard InChI is InChI=1S/C13H15FS/c14-11-4-5-12-10(8-11)9-13(15-12)6-2-1-3-7-13/h4-5,8H,1-3,6-7,9H2. The van der Waals surface area contributed by atoms with E-state index in [1.165, 1.54) is 42.6 Å². The molecule has 0 atom stereocenters. The first kappa shape index (κ1) is 9.71. The molecule has 15 heavy (non-hydrogen) atoms. The van der Waals surface area contributed by atoms with E-state index in [0.717, 1.165) is 6.42 Å². The Morgan fingerprint density at radius 2 is 1.93 bits per heavy atom. The molecule has 0 unspecified atom stereocenters. The summed E-state index contributed by atoms with van der Waals surface area (Å²) in [6, 6.07) is 5.28. The van der Waals surface area contributed by atoms with Crippen LogP contribution in [0.25, 0.3) is 0 Å². The van der Waals surface area contributed by atoms with E-state index >= 15 is 0 Å². The lowest BCUT2D eigenvalue weighted by atomic mass is 9.84. The molecule has 0 amide bonds. The number of hydrogen-bond donors (Lipinski definition) is 0. The van der Waals surface area contributed by atoms with Gasteiger partial charge in [-0.05, 0) is 43.0 Å². The minimum atomic E-state index is -0.0813. The molecule has 1 aromatic carbocycles. The van der Waals surface area contributed by atoms with Gasteiger partial charge in [0.25, 0.3) is 0 Å². The molecule has 0 aromatic heterocycles. The smallest absolute Gasteiger partial charge is 0.123 e. The zero-order valence-electron chi connectivity index (χ0n) is 8.76. The topological polar surface area (TPSA) is 0 Å². The third-order valence-electron chi connectivity index (χ3n) is 3.63. The van der Waals surface area contributed by atoms with E-state index in [9.17, 15) is 4.39 Å². The fourth-order valence-corrected chi connectivity index (χ4v) is 4.46. The summed E-state index contributed by atoms with van der Waals surface area (Å²) in [6.45, 7) is 0. The van der Waals surface area contributed by atoms with Gasteiger partial charge in [0, 0.05) is 9.64 Å². The molecular formula is C13H15FS. The number of thioether (sulfide) groups is 1. The van der Waals surface area contributed by atoms with Crippen LogP contribution in [0.3, 0.4) is 0 Å². The predicted molar refractivity (Wildman–Crippen MR) is 61.8 cm³/mol. The van der Waals surface area contributed by atoms with Crippen LogP contribution in [-0.2, 0) is 6.42 Å². The van der Waals surface area contributed by atoms with Gasteiger partial charge >= 0.3 is 0 Å². The monoisotopic (exact) mass is 222 g/mol. The molecule has 0 nitrogen and oxygen atoms in total. The molecule has 1 fully saturated rings. The molecule has 1 saturated carbocycles. The van der Waals surface area contributed by atoms with Crippen molar-refractivity contribution in [2.75, 3.05) is 0 Å². The maximum absolute atomic E-state index is 13.1. The molecule has 0 bridgehead atoms. The Morgan fingerprint density at radius 3 is 2.73 bits per heavy atom. The van der Waals surface area contributed by atoms with Crippen molar-refractivity contribution in [3.05, 3.63) is 29.6 Å². The van der Waals surface area contributed by atoms with Gasteiger partial charge in [-0.1, -0.05) is 19.3 Å². The molecule has 0 saturated heterocycles. The van der Waals surface area contributed by atoms with Crippen molar-refractivity contribution in [1.82, 2.24) is 0 Å². The van der Waals surface area contributed by atoms with E-state index in [0.29, 0.717) is 4.75 Å². The molecule has 1 spiro atoms. The van der Waals surface area contributed by atoms with Crippen LogP contribution in [0.1, 0.15) is 37.7 Å². The predicted octanol–water partition coefficient (Wildman–Crippen LogP) is 4.18. The van der Waals surface area contributed by atoms with Gasteiger partial charge < -0.3 is 0 Å². The minimum Gasteiger partial charge on any atom is -0.207 e. The summed E-state index contributed by atoms with van der Waals surface area (Å²) in [5.41, 5.74) is 1.24. The van der Waals surface area contributed by atoms with E-state index in [-0.39, 0.29) is 5.82 Å². The molecule has 1 aliphatic heterocycles. The lowest BCUT2D eigenvalue weighted by Crippen LogP contribution is -2.26. The van der Waals surface area contributed by atoms with Gasteiger partial charge in [0.15, 0.2) is 0 Å². The van der Waals surface area contributed by atoms with E-state index < -0.39 is 0 Å². The molecule has 2 aliphatic rings. The second-order valence-electron chi connectivity index (χ2n) is 4.77. The maximum Gasteiger partial charge on any atom is 0.123 e. The highest BCUT2D eigenvalue weighted by Gasteiger charge is 2.38. The summed E-state index contributed by atoms with van der Waals surface area (Å²) in [5.74, 6) is -0.0813. The van der Waals surface area contributed by atoms with Crippen LogP contribution >= 0.6 is 11.8 Å². The maximum atomic E-state index is 13.1. The Kier molecular flexibility index (Phi) is 2.27. The van der Waals surface area contributed by atoms with Crippen molar-refractivity contribution in [2.45, 2.75) is 48.2 Å². The van der Waals surface area contributed by atoms with Gasteiger partial charge in [0.05, 0.1) is 0 Å². The average molecular weight is 222 g/mol. The van der Waals surface area contributed by atoms with Crippen LogP contribution < -0.4 is 0 Å². The van der Waals surface area contributed by atoms with Crippen molar-refractivity contribution in [2.24, 2.45) is 0 Å². The van der Waals surface area contributed by atoms with Crippen LogP contribution in [0.4, 0.5) is 4.39 Å². The van der Waals surface area contributed by atoms with Crippen LogP contribution in [0.2, 0.25) is 0 Å². The van der Waals surface area contributed by atoms with Crippen LogP contribution in [0.5, 0.6) is 0 Å². The van der Waals surface area contributed by atoms with Gasteiger partial charge in [-0.2, -0.15) is 0 Å². The van der Waals surface area contributed by atoms with Gasteiger partial charge in [0.1, 0.15) is 5.82 Å². The van der Waals surface area contributed by atoms with Crippen LogP contribution in [0, 0.1) is 5.82 Å². The van der Waals surface area contributed by atoms with Gasteiger partial charge in [-0.15, -0.1) is 11.8 Å². The molecule has 1 heterocycles. The molecule has 1 aromatic rings. The second-order valence-corrected chi connectivity index (χ2v) is 6.28. The second kappa shape index (κ2) is 3.51. The summed E-state index contributed by atoms with van der Waals surface area (Å²) in [6.07, 6.45) is 7.80. The van der Waals surface area contributed by atoms with Crippen LogP contribution in [-0.4, -0.2) is 4.75 Å².